The minimum Gasteiger partial charge on any atom is -0.471 e. The van der Waals surface area contributed by atoms with E-state index in [1.54, 1.807) is 23.2 Å². The highest BCUT2D eigenvalue weighted by Gasteiger charge is 2.36. The summed E-state index contributed by atoms with van der Waals surface area (Å²) in [6.07, 6.45) is 2.34. The SMILES string of the molecule is Cc1cc(C2OC=C(C(N)=O)N2c2cc3sc(N4CCOCC4)nc3nc2-c2cccc(F)c2)ccn1. The molecule has 0 bridgehead atoms. The second kappa shape index (κ2) is 9.41. The molecule has 2 aliphatic rings. The fourth-order valence-corrected chi connectivity index (χ4v) is 5.51. The summed E-state index contributed by atoms with van der Waals surface area (Å²) in [5.41, 5.74) is 9.60. The predicted molar refractivity (Wildman–Crippen MR) is 138 cm³/mol. The van der Waals surface area contributed by atoms with Crippen LogP contribution in [0.4, 0.5) is 15.2 Å². The zero-order chi connectivity index (χ0) is 25.5. The summed E-state index contributed by atoms with van der Waals surface area (Å²) in [5, 5.41) is 0.831. The Morgan fingerprint density at radius 3 is 2.76 bits per heavy atom. The van der Waals surface area contributed by atoms with Gasteiger partial charge >= 0.3 is 0 Å². The molecule has 2 N–H and O–H groups in total. The third-order valence-electron chi connectivity index (χ3n) is 6.25. The van der Waals surface area contributed by atoms with Gasteiger partial charge in [-0.1, -0.05) is 23.5 Å². The van der Waals surface area contributed by atoms with Crippen molar-refractivity contribution in [1.29, 1.82) is 0 Å². The van der Waals surface area contributed by atoms with Crippen LogP contribution >= 0.6 is 11.3 Å². The van der Waals surface area contributed by atoms with Gasteiger partial charge in [0.05, 0.1) is 29.3 Å². The van der Waals surface area contributed by atoms with Gasteiger partial charge in [0.1, 0.15) is 17.8 Å². The number of hydrogen-bond donors (Lipinski definition) is 1. The number of hydrogen-bond acceptors (Lipinski definition) is 9. The second-order valence-corrected chi connectivity index (χ2v) is 9.75. The summed E-state index contributed by atoms with van der Waals surface area (Å²) in [6.45, 7) is 4.62. The minimum atomic E-state index is -0.692. The van der Waals surface area contributed by atoms with E-state index in [1.165, 1.54) is 29.7 Å². The van der Waals surface area contributed by atoms with Gasteiger partial charge in [-0.3, -0.25) is 14.7 Å². The highest BCUT2D eigenvalue weighted by atomic mass is 32.1. The van der Waals surface area contributed by atoms with E-state index in [4.69, 9.17) is 25.2 Å². The van der Waals surface area contributed by atoms with E-state index in [0.29, 0.717) is 35.8 Å². The molecule has 1 aromatic carbocycles. The monoisotopic (exact) mass is 518 g/mol. The van der Waals surface area contributed by atoms with Crippen LogP contribution in [-0.2, 0) is 14.3 Å². The molecule has 9 nitrogen and oxygen atoms in total. The van der Waals surface area contributed by atoms with Crippen molar-refractivity contribution >= 4 is 38.4 Å². The molecular formula is C26H23FN6O3S. The maximum Gasteiger partial charge on any atom is 0.268 e. The molecule has 0 saturated carbocycles. The summed E-state index contributed by atoms with van der Waals surface area (Å²) in [6, 6.07) is 11.8. The van der Waals surface area contributed by atoms with Crippen LogP contribution in [0.1, 0.15) is 17.5 Å². The molecule has 188 valence electrons. The largest absolute Gasteiger partial charge is 0.471 e. The smallest absolute Gasteiger partial charge is 0.268 e. The number of morpholine rings is 1. The van der Waals surface area contributed by atoms with Crippen LogP contribution in [-0.4, -0.2) is 47.2 Å². The number of aryl methyl sites for hydroxylation is 1. The molecule has 0 aliphatic carbocycles. The molecule has 11 heteroatoms. The van der Waals surface area contributed by atoms with Gasteiger partial charge in [-0.2, -0.15) is 4.98 Å². The van der Waals surface area contributed by atoms with E-state index < -0.39 is 18.0 Å². The third kappa shape index (κ3) is 4.36. The highest BCUT2D eigenvalue weighted by Crippen LogP contribution is 2.44. The standard InChI is InChI=1S/C26H23FN6O3S/c1-15-11-17(5-6-29-15)25-33(20(14-36-25)23(28)34)19-13-21-24(30-22(19)16-3-2-4-18(27)12-16)31-26(37-21)32-7-9-35-10-8-32/h2-6,11-14,25H,7-10H2,1H3,(H2,28,34). The molecule has 0 spiro atoms. The molecule has 1 amide bonds. The Balaban J connectivity index is 1.55. The van der Waals surface area contributed by atoms with Crippen LogP contribution in [0.5, 0.6) is 0 Å². The first kappa shape index (κ1) is 23.3. The second-order valence-electron chi connectivity index (χ2n) is 8.74. The normalized spacial score (nSPS) is 17.7. The van der Waals surface area contributed by atoms with Crippen molar-refractivity contribution in [2.24, 2.45) is 5.73 Å². The Labute approximate surface area is 216 Å². The third-order valence-corrected chi connectivity index (χ3v) is 7.30. The first-order chi connectivity index (χ1) is 18.0. The fourth-order valence-electron chi connectivity index (χ4n) is 4.52. The number of carbonyl (C=O) groups is 1. The number of primary amides is 1. The summed E-state index contributed by atoms with van der Waals surface area (Å²) in [7, 11) is 0. The van der Waals surface area contributed by atoms with E-state index in [0.717, 1.165) is 34.2 Å². The Hall–Kier alpha value is -4.09. The molecule has 6 rings (SSSR count). The van der Waals surface area contributed by atoms with Gasteiger partial charge in [-0.25, -0.2) is 9.37 Å². The van der Waals surface area contributed by atoms with Gasteiger partial charge in [0.25, 0.3) is 5.91 Å². The lowest BCUT2D eigenvalue weighted by Gasteiger charge is -2.28. The Kier molecular flexibility index (Phi) is 5.93. The Bertz CT molecular complexity index is 1530. The van der Waals surface area contributed by atoms with Crippen LogP contribution in [0.15, 0.2) is 60.6 Å². The maximum absolute atomic E-state index is 14.3. The number of fused-ring (bicyclic) bond motifs is 1. The van der Waals surface area contributed by atoms with E-state index in [9.17, 15) is 9.18 Å². The Morgan fingerprint density at radius 1 is 1.16 bits per heavy atom. The average molecular weight is 519 g/mol. The molecule has 4 aromatic rings. The van der Waals surface area contributed by atoms with Crippen LogP contribution in [0.25, 0.3) is 21.6 Å². The summed E-state index contributed by atoms with van der Waals surface area (Å²) in [5.74, 6) is -1.06. The van der Waals surface area contributed by atoms with E-state index in [2.05, 4.69) is 9.88 Å². The lowest BCUT2D eigenvalue weighted by molar-refractivity contribution is -0.114. The van der Waals surface area contributed by atoms with Crippen LogP contribution in [0, 0.1) is 12.7 Å². The van der Waals surface area contributed by atoms with E-state index >= 15 is 0 Å². The van der Waals surface area contributed by atoms with Gasteiger partial charge in [-0.15, -0.1) is 0 Å². The lowest BCUT2D eigenvalue weighted by Crippen LogP contribution is -2.36. The molecule has 1 fully saturated rings. The minimum absolute atomic E-state index is 0.163. The number of nitrogens with zero attached hydrogens (tertiary/aromatic N) is 5. The first-order valence-corrected chi connectivity index (χ1v) is 12.6. The predicted octanol–water partition coefficient (Wildman–Crippen LogP) is 3.90. The summed E-state index contributed by atoms with van der Waals surface area (Å²) in [4.78, 5) is 30.3. The number of carbonyl (C=O) groups excluding carboxylic acids is 1. The molecule has 1 unspecified atom stereocenters. The molecular weight excluding hydrogens is 495 g/mol. The Morgan fingerprint density at radius 2 is 2.00 bits per heavy atom. The number of rotatable bonds is 5. The van der Waals surface area contributed by atoms with Crippen molar-refractivity contribution in [1.82, 2.24) is 15.0 Å². The van der Waals surface area contributed by atoms with Crippen LogP contribution < -0.4 is 15.5 Å². The van der Waals surface area contributed by atoms with Crippen molar-refractivity contribution < 1.29 is 18.7 Å². The number of ether oxygens (including phenoxy) is 2. The molecule has 2 aliphatic heterocycles. The number of benzene rings is 1. The van der Waals surface area contributed by atoms with Crippen LogP contribution in [0.3, 0.4) is 0 Å². The quantitative estimate of drug-likeness (QED) is 0.424. The van der Waals surface area contributed by atoms with Crippen molar-refractivity contribution in [3.8, 4) is 11.3 Å². The van der Waals surface area contributed by atoms with Gasteiger partial charge in [0, 0.05) is 36.1 Å². The van der Waals surface area contributed by atoms with Crippen molar-refractivity contribution in [2.45, 2.75) is 13.2 Å². The maximum atomic E-state index is 14.3. The van der Waals surface area contributed by atoms with Gasteiger partial charge < -0.3 is 20.1 Å². The molecule has 5 heterocycles. The fraction of sp³-hybridized carbons (Fsp3) is 0.231. The van der Waals surface area contributed by atoms with Gasteiger partial charge in [0.2, 0.25) is 6.23 Å². The summed E-state index contributed by atoms with van der Waals surface area (Å²) < 4.78 is 26.6. The number of nitrogens with two attached hydrogens (primary N) is 1. The van der Waals surface area contributed by atoms with E-state index in [-0.39, 0.29) is 5.70 Å². The van der Waals surface area contributed by atoms with E-state index in [1.807, 2.05) is 25.1 Å². The van der Waals surface area contributed by atoms with Crippen molar-refractivity contribution in [3.05, 3.63) is 77.7 Å². The molecule has 0 radical (unpaired) electrons. The molecule has 3 aromatic heterocycles. The zero-order valence-corrected chi connectivity index (χ0v) is 20.7. The number of thiazole rings is 1. The van der Waals surface area contributed by atoms with Gasteiger partial charge in [-0.05, 0) is 37.3 Å². The average Bonchev–Trinajstić information content (AvgIpc) is 3.53. The number of pyridine rings is 2. The molecule has 1 saturated heterocycles. The zero-order valence-electron chi connectivity index (χ0n) is 19.9. The summed E-state index contributed by atoms with van der Waals surface area (Å²) >= 11 is 1.50. The highest BCUT2D eigenvalue weighted by molar-refractivity contribution is 7.22. The first-order valence-electron chi connectivity index (χ1n) is 11.8. The topological polar surface area (TPSA) is 107 Å². The van der Waals surface area contributed by atoms with Gasteiger partial charge in [0.15, 0.2) is 10.8 Å². The number of aromatic nitrogens is 3. The molecule has 1 atom stereocenters. The lowest BCUT2D eigenvalue weighted by atomic mass is 10.1. The number of amides is 1. The van der Waals surface area contributed by atoms with Crippen molar-refractivity contribution in [3.63, 3.8) is 0 Å². The van der Waals surface area contributed by atoms with Crippen molar-refractivity contribution in [2.75, 3.05) is 36.1 Å². The number of anilines is 2. The number of halogens is 1. The molecule has 37 heavy (non-hydrogen) atoms. The van der Waals surface area contributed by atoms with Crippen LogP contribution in [0.2, 0.25) is 0 Å².